The second kappa shape index (κ2) is 11.3. The van der Waals surface area contributed by atoms with Gasteiger partial charge < -0.3 is 14.4 Å². The molecule has 40 heavy (non-hydrogen) atoms. The van der Waals surface area contributed by atoms with Gasteiger partial charge in [-0.2, -0.15) is 26.3 Å². The number of hydrogen-bond acceptors (Lipinski definition) is 4. The Balaban J connectivity index is 1.53. The molecule has 1 aliphatic heterocycles. The molecular weight excluding hydrogens is 538 g/mol. The summed E-state index contributed by atoms with van der Waals surface area (Å²) < 4.78 is 91.0. The van der Waals surface area contributed by atoms with Crippen molar-refractivity contribution >= 4 is 12.2 Å². The van der Waals surface area contributed by atoms with Crippen LogP contribution in [0.2, 0.25) is 0 Å². The number of aryl methyl sites for hydroxylation is 1. The number of piperazine rings is 1. The van der Waals surface area contributed by atoms with Crippen molar-refractivity contribution in [2.45, 2.75) is 63.7 Å². The lowest BCUT2D eigenvalue weighted by atomic mass is 9.84. The molecule has 1 aliphatic carbocycles. The van der Waals surface area contributed by atoms with E-state index in [1.807, 2.05) is 24.3 Å². The van der Waals surface area contributed by atoms with Gasteiger partial charge in [0.05, 0.1) is 23.4 Å². The second-order valence-electron chi connectivity index (χ2n) is 11.0. The van der Waals surface area contributed by atoms with E-state index in [1.165, 1.54) is 6.26 Å². The zero-order chi connectivity index (χ0) is 29.3. The van der Waals surface area contributed by atoms with Crippen LogP contribution < -0.4 is 0 Å². The van der Waals surface area contributed by atoms with Crippen molar-refractivity contribution in [3.63, 3.8) is 0 Å². The van der Waals surface area contributed by atoms with E-state index >= 15 is 0 Å². The highest BCUT2D eigenvalue weighted by Gasteiger charge is 2.38. The Morgan fingerprint density at radius 1 is 0.900 bits per heavy atom. The Hall–Kier alpha value is -3.21. The van der Waals surface area contributed by atoms with Gasteiger partial charge in [-0.15, -0.1) is 0 Å². The second-order valence-corrected chi connectivity index (χ2v) is 11.0. The van der Waals surface area contributed by atoms with Crippen LogP contribution in [-0.2, 0) is 28.2 Å². The quantitative estimate of drug-likeness (QED) is 0.285. The van der Waals surface area contributed by atoms with Gasteiger partial charge in [-0.1, -0.05) is 24.3 Å². The topological polar surface area (TPSA) is 42.0 Å². The van der Waals surface area contributed by atoms with E-state index < -0.39 is 35.2 Å². The summed E-state index contributed by atoms with van der Waals surface area (Å²) in [5, 5.41) is 0. The number of carbonyl (C=O) groups excluding carboxylic acids is 1. The van der Waals surface area contributed by atoms with Gasteiger partial charge in [0.1, 0.15) is 11.7 Å². The Kier molecular flexibility index (Phi) is 8.44. The van der Waals surface area contributed by atoms with Crippen molar-refractivity contribution in [3.8, 4) is 0 Å². The molecule has 1 heterocycles. The molecule has 0 saturated carbocycles. The van der Waals surface area contributed by atoms with Crippen LogP contribution in [0.4, 0.5) is 31.1 Å². The third-order valence-electron chi connectivity index (χ3n) is 6.91. The molecule has 4 rings (SSSR count). The first-order valence-electron chi connectivity index (χ1n) is 13.0. The van der Waals surface area contributed by atoms with Crippen molar-refractivity contribution < 1.29 is 40.6 Å². The molecule has 2 atom stereocenters. The monoisotopic (exact) mass is 570 g/mol. The molecule has 2 aromatic carbocycles. The first-order valence-corrected chi connectivity index (χ1v) is 13.0. The third kappa shape index (κ3) is 7.30. The zero-order valence-electron chi connectivity index (χ0n) is 22.5. The number of alkyl halides is 6. The summed E-state index contributed by atoms with van der Waals surface area (Å²) in [7, 11) is 0. The van der Waals surface area contributed by atoms with Gasteiger partial charge in [-0.05, 0) is 74.6 Å². The first kappa shape index (κ1) is 29.8. The lowest BCUT2D eigenvalue weighted by Gasteiger charge is -2.44. The number of carbonyl (C=O) groups is 1. The van der Waals surface area contributed by atoms with Crippen molar-refractivity contribution in [3.05, 3.63) is 76.5 Å². The van der Waals surface area contributed by atoms with Crippen LogP contribution in [0.15, 0.2) is 48.7 Å². The van der Waals surface area contributed by atoms with Crippen LogP contribution in [0.25, 0.3) is 6.08 Å². The minimum Gasteiger partial charge on any atom is -0.496 e. The van der Waals surface area contributed by atoms with Crippen molar-refractivity contribution in [2.75, 3.05) is 26.2 Å². The van der Waals surface area contributed by atoms with E-state index in [9.17, 15) is 31.1 Å². The molecule has 0 unspecified atom stereocenters. The number of amides is 1. The molecular formula is C29H32F6N2O3. The maximum atomic E-state index is 13.2. The number of halogens is 6. The van der Waals surface area contributed by atoms with Crippen LogP contribution in [0.1, 0.15) is 61.1 Å². The van der Waals surface area contributed by atoms with E-state index in [-0.39, 0.29) is 23.8 Å². The minimum atomic E-state index is -4.93. The Labute approximate surface area is 229 Å². The average Bonchev–Trinajstić information content (AvgIpc) is 2.86. The molecule has 5 nitrogen and oxygen atoms in total. The molecule has 1 amide bonds. The third-order valence-corrected chi connectivity index (χ3v) is 6.91. The van der Waals surface area contributed by atoms with Crippen LogP contribution in [-0.4, -0.2) is 53.8 Å². The number of rotatable bonds is 4. The lowest BCUT2D eigenvalue weighted by Crippen LogP contribution is -2.53. The van der Waals surface area contributed by atoms with Gasteiger partial charge in [0.15, 0.2) is 0 Å². The Morgan fingerprint density at radius 2 is 1.50 bits per heavy atom. The number of hydrogen-bond donors (Lipinski definition) is 0. The zero-order valence-corrected chi connectivity index (χ0v) is 22.5. The summed E-state index contributed by atoms with van der Waals surface area (Å²) in [5.74, 6) is 0. The molecule has 0 aromatic heterocycles. The molecule has 0 radical (unpaired) electrons. The smallest absolute Gasteiger partial charge is 0.416 e. The number of fused-ring (bicyclic) bond motifs is 1. The molecule has 0 N–H and O–H groups in total. The van der Waals surface area contributed by atoms with Gasteiger partial charge in [-0.3, -0.25) is 4.90 Å². The molecule has 218 valence electrons. The summed E-state index contributed by atoms with van der Waals surface area (Å²) in [6.07, 6.45) is -7.01. The van der Waals surface area contributed by atoms with E-state index in [0.717, 1.165) is 17.2 Å². The lowest BCUT2D eigenvalue weighted by molar-refractivity contribution is -0.143. The molecule has 0 bridgehead atoms. The highest BCUT2D eigenvalue weighted by Crippen LogP contribution is 2.38. The summed E-state index contributed by atoms with van der Waals surface area (Å²) in [6.45, 7) is 7.40. The van der Waals surface area contributed by atoms with Gasteiger partial charge in [-0.25, -0.2) is 4.79 Å². The number of benzene rings is 2. The van der Waals surface area contributed by atoms with Crippen LogP contribution >= 0.6 is 0 Å². The van der Waals surface area contributed by atoms with Crippen molar-refractivity contribution in [2.24, 2.45) is 0 Å². The van der Waals surface area contributed by atoms with E-state index in [4.69, 9.17) is 9.47 Å². The SMILES string of the molecule is CC(C)(C)OC(=O)N1CCN([C@@H]2c3ccccc3CC[C@H]2OC=Cc2cc(C(F)(F)F)cc(C(F)(F)F)c2)CC1. The van der Waals surface area contributed by atoms with Gasteiger partial charge in [0.2, 0.25) is 0 Å². The first-order chi connectivity index (χ1) is 18.6. The van der Waals surface area contributed by atoms with E-state index in [2.05, 4.69) is 4.90 Å². The van der Waals surface area contributed by atoms with Crippen LogP contribution in [0, 0.1) is 0 Å². The average molecular weight is 571 g/mol. The maximum Gasteiger partial charge on any atom is 0.416 e. The highest BCUT2D eigenvalue weighted by atomic mass is 19.4. The largest absolute Gasteiger partial charge is 0.496 e. The molecule has 0 spiro atoms. The summed E-state index contributed by atoms with van der Waals surface area (Å²) in [5.41, 5.74) is -1.43. The molecule has 1 fully saturated rings. The molecule has 2 aliphatic rings. The van der Waals surface area contributed by atoms with Crippen LogP contribution in [0.5, 0.6) is 0 Å². The van der Waals surface area contributed by atoms with Crippen molar-refractivity contribution in [1.29, 1.82) is 0 Å². The van der Waals surface area contributed by atoms with E-state index in [0.29, 0.717) is 51.2 Å². The number of ether oxygens (including phenoxy) is 2. The fraction of sp³-hybridized carbons (Fsp3) is 0.483. The van der Waals surface area contributed by atoms with Gasteiger partial charge >= 0.3 is 18.4 Å². The highest BCUT2D eigenvalue weighted by molar-refractivity contribution is 5.68. The predicted molar refractivity (Wildman–Crippen MR) is 137 cm³/mol. The normalized spacial score (nSPS) is 20.9. The number of nitrogens with zero attached hydrogens (tertiary/aromatic N) is 2. The molecule has 2 aromatic rings. The molecule has 11 heteroatoms. The summed E-state index contributed by atoms with van der Waals surface area (Å²) in [4.78, 5) is 16.4. The maximum absolute atomic E-state index is 13.2. The van der Waals surface area contributed by atoms with Gasteiger partial charge in [0, 0.05) is 26.2 Å². The van der Waals surface area contributed by atoms with Crippen LogP contribution in [0.3, 0.4) is 0 Å². The van der Waals surface area contributed by atoms with Crippen molar-refractivity contribution in [1.82, 2.24) is 9.80 Å². The standard InChI is InChI=1S/C29H32F6N2O3/c1-27(2,3)40-26(38)37-13-11-36(12-14-37)25-23-7-5-4-6-20(23)8-9-24(25)39-15-10-19-16-21(28(30,31)32)18-22(17-19)29(33,34)35/h4-7,10,15-18,24-25H,8-9,11-14H2,1-3H3/t24-,25-/m1/s1. The summed E-state index contributed by atoms with van der Waals surface area (Å²) >= 11 is 0. The molecule has 1 saturated heterocycles. The fourth-order valence-electron chi connectivity index (χ4n) is 5.08. The Morgan fingerprint density at radius 3 is 2.08 bits per heavy atom. The van der Waals surface area contributed by atoms with E-state index in [1.54, 1.807) is 25.7 Å². The minimum absolute atomic E-state index is 0.100. The predicted octanol–water partition coefficient (Wildman–Crippen LogP) is 7.32. The fourth-order valence-corrected chi connectivity index (χ4v) is 5.08. The Bertz CT molecular complexity index is 1200. The van der Waals surface area contributed by atoms with Gasteiger partial charge in [0.25, 0.3) is 0 Å². The summed E-state index contributed by atoms with van der Waals surface area (Å²) in [6, 6.07) is 9.13.